The molecule has 1 N–H and O–H groups in total. The molecule has 0 amide bonds. The van der Waals surface area contributed by atoms with Gasteiger partial charge in [-0.3, -0.25) is 11.8 Å². The molecule has 15 heavy (non-hydrogen) atoms. The van der Waals surface area contributed by atoms with Crippen molar-refractivity contribution in [2.24, 2.45) is 0 Å². The summed E-state index contributed by atoms with van der Waals surface area (Å²) in [4.78, 5) is 15.5. The largest absolute Gasteiger partial charge is 0.501 e. The van der Waals surface area contributed by atoms with Gasteiger partial charge < -0.3 is 10.0 Å². The van der Waals surface area contributed by atoms with Gasteiger partial charge >= 0.3 is 5.97 Å². The van der Waals surface area contributed by atoms with E-state index >= 15 is 0 Å². The van der Waals surface area contributed by atoms with Gasteiger partial charge in [-0.05, 0) is 12.1 Å². The second-order valence-corrected chi connectivity index (χ2v) is 2.28. The normalized spacial score (nSPS) is 7.93. The summed E-state index contributed by atoms with van der Waals surface area (Å²) in [6, 6.07) is 5.25. The van der Waals surface area contributed by atoms with Crippen molar-refractivity contribution in [3.05, 3.63) is 31.4 Å². The molecule has 0 aliphatic carbocycles. The minimum absolute atomic E-state index is 0. The second-order valence-electron chi connectivity index (χ2n) is 2.28. The molecule has 0 aromatic carbocycles. The van der Waals surface area contributed by atoms with Crippen molar-refractivity contribution < 1.29 is 41.0 Å². The molecule has 4 nitrogen and oxygen atoms in total. The van der Waals surface area contributed by atoms with Crippen LogP contribution in [0.15, 0.2) is 24.4 Å². The van der Waals surface area contributed by atoms with Crippen LogP contribution < -0.4 is 4.90 Å². The summed E-state index contributed by atoms with van der Waals surface area (Å²) in [5.41, 5.74) is 0. The van der Waals surface area contributed by atoms with E-state index in [1.165, 1.54) is 4.90 Å². The second kappa shape index (κ2) is 10.0. The van der Waals surface area contributed by atoms with Gasteiger partial charge in [-0.15, -0.1) is 0 Å². The maximum absolute atomic E-state index is 10.3. The number of aliphatic carboxylic acids is 1. The SMILES string of the molecule is CC.[CH2-]N(CC(=O)O)c1ccccn1.[U]. The zero-order valence-electron chi connectivity index (χ0n) is 8.97. The van der Waals surface area contributed by atoms with Crippen LogP contribution in [0.4, 0.5) is 5.82 Å². The van der Waals surface area contributed by atoms with Crippen molar-refractivity contribution in [1.82, 2.24) is 4.98 Å². The van der Waals surface area contributed by atoms with Crippen LogP contribution in [0.25, 0.3) is 0 Å². The summed E-state index contributed by atoms with van der Waals surface area (Å²) >= 11 is 0. The van der Waals surface area contributed by atoms with Crippen molar-refractivity contribution in [2.75, 3.05) is 11.4 Å². The number of carbonyl (C=O) groups is 1. The van der Waals surface area contributed by atoms with Gasteiger partial charge in [0.1, 0.15) is 0 Å². The Morgan fingerprint density at radius 1 is 1.53 bits per heavy atom. The van der Waals surface area contributed by atoms with E-state index in [-0.39, 0.29) is 37.7 Å². The third-order valence-electron chi connectivity index (χ3n) is 1.30. The Kier molecular flexibility index (Phi) is 11.3. The summed E-state index contributed by atoms with van der Waals surface area (Å²) in [6.07, 6.45) is 1.59. The van der Waals surface area contributed by atoms with Crippen LogP contribution in [0.3, 0.4) is 0 Å². The molecule has 0 saturated heterocycles. The molecule has 0 bridgehead atoms. The quantitative estimate of drug-likeness (QED) is 0.739. The third-order valence-corrected chi connectivity index (χ3v) is 1.30. The van der Waals surface area contributed by atoms with Crippen LogP contribution in [0, 0.1) is 38.2 Å². The van der Waals surface area contributed by atoms with Crippen molar-refractivity contribution in [1.29, 1.82) is 0 Å². The number of rotatable bonds is 3. The van der Waals surface area contributed by atoms with Crippen LogP contribution in [0.5, 0.6) is 0 Å². The fourth-order valence-corrected chi connectivity index (χ4v) is 0.785. The number of pyridine rings is 1. The summed E-state index contributed by atoms with van der Waals surface area (Å²) in [7, 11) is 3.54. The average Bonchev–Trinajstić information content (AvgIpc) is 2.21. The topological polar surface area (TPSA) is 53.4 Å². The van der Waals surface area contributed by atoms with Gasteiger partial charge in [0.25, 0.3) is 0 Å². The zero-order valence-corrected chi connectivity index (χ0v) is 13.1. The average molecular weight is 433 g/mol. The van der Waals surface area contributed by atoms with Crippen LogP contribution >= 0.6 is 0 Å². The van der Waals surface area contributed by atoms with Gasteiger partial charge in [-0.2, -0.15) is 0 Å². The van der Waals surface area contributed by atoms with Crippen LogP contribution in [0.2, 0.25) is 0 Å². The van der Waals surface area contributed by atoms with Crippen molar-refractivity contribution in [3.8, 4) is 0 Å². The van der Waals surface area contributed by atoms with Crippen LogP contribution in [-0.4, -0.2) is 22.6 Å². The molecule has 0 saturated carbocycles. The number of aromatic nitrogens is 1. The summed E-state index contributed by atoms with van der Waals surface area (Å²) in [6.45, 7) is 3.86. The van der Waals surface area contributed by atoms with Crippen LogP contribution in [0.1, 0.15) is 13.8 Å². The third kappa shape index (κ3) is 7.41. The minimum Gasteiger partial charge on any atom is -0.501 e. The maximum atomic E-state index is 10.3. The first-order valence-corrected chi connectivity index (χ1v) is 4.41. The Bertz CT molecular complexity index is 267. The minimum atomic E-state index is -0.921. The molecular formula is C10H15N2O2U-. The zero-order chi connectivity index (χ0) is 11.0. The summed E-state index contributed by atoms with van der Waals surface area (Å²) in [5.74, 6) is -0.365. The van der Waals surface area contributed by atoms with E-state index < -0.39 is 5.97 Å². The van der Waals surface area contributed by atoms with Gasteiger partial charge in [-0.1, -0.05) is 19.9 Å². The van der Waals surface area contributed by atoms with Crippen molar-refractivity contribution >= 4 is 11.8 Å². The Balaban J connectivity index is 0. The molecule has 5 heteroatoms. The van der Waals surface area contributed by atoms with E-state index in [0.717, 1.165) is 0 Å². The van der Waals surface area contributed by atoms with E-state index in [4.69, 9.17) is 5.11 Å². The number of anilines is 1. The predicted octanol–water partition coefficient (Wildman–Crippen LogP) is 1.79. The fourth-order valence-electron chi connectivity index (χ4n) is 0.785. The van der Waals surface area contributed by atoms with Gasteiger partial charge in [0.15, 0.2) is 0 Å². The number of hydrogen-bond acceptors (Lipinski definition) is 3. The summed E-state index contributed by atoms with van der Waals surface area (Å²) < 4.78 is 0. The molecular weight excluding hydrogens is 418 g/mol. The molecule has 0 unspecified atom stereocenters. The molecule has 1 rings (SSSR count). The van der Waals surface area contributed by atoms with E-state index in [0.29, 0.717) is 5.82 Å². The molecule has 0 atom stereocenters. The van der Waals surface area contributed by atoms with E-state index in [1.54, 1.807) is 24.4 Å². The smallest absolute Gasteiger partial charge is 0.320 e. The number of carboxylic acids is 1. The van der Waals surface area contributed by atoms with Gasteiger partial charge in [0, 0.05) is 37.3 Å². The first-order chi connectivity index (χ1) is 6.70. The molecule has 82 valence electrons. The van der Waals surface area contributed by atoms with E-state index in [1.807, 2.05) is 13.8 Å². The molecule has 0 radical (unpaired) electrons. The van der Waals surface area contributed by atoms with Gasteiger partial charge in [-0.25, -0.2) is 4.98 Å². The van der Waals surface area contributed by atoms with E-state index in [9.17, 15) is 4.79 Å². The number of nitrogens with zero attached hydrogens (tertiary/aromatic N) is 2. The molecule has 1 aromatic rings. The van der Waals surface area contributed by atoms with Crippen molar-refractivity contribution in [2.45, 2.75) is 13.8 Å². The summed E-state index contributed by atoms with van der Waals surface area (Å²) in [5, 5.41) is 8.44. The maximum Gasteiger partial charge on any atom is 0.320 e. The molecule has 0 aliphatic rings. The Morgan fingerprint density at radius 3 is 2.53 bits per heavy atom. The number of hydrogen-bond donors (Lipinski definition) is 1. The first kappa shape index (κ1) is 16.9. The van der Waals surface area contributed by atoms with Gasteiger partial charge in [0.2, 0.25) is 0 Å². The molecule has 0 fully saturated rings. The standard InChI is InChI=1S/C8H9N2O2.C2H6.U/c1-10(6-8(11)12)7-4-2-3-5-9-7;1-2;/h2-5H,1,6H2,(H,11,12);1-2H3;/q-1;;. The van der Waals surface area contributed by atoms with Crippen LogP contribution in [-0.2, 0) is 4.79 Å². The number of carboxylic acid groups (broad SMARTS) is 1. The Hall–Kier alpha value is -0.528. The van der Waals surface area contributed by atoms with Gasteiger partial charge in [0.05, 0.1) is 12.4 Å². The Labute approximate surface area is 114 Å². The monoisotopic (exact) mass is 433 g/mol. The predicted molar refractivity (Wildman–Crippen MR) is 55.9 cm³/mol. The molecule has 0 aliphatic heterocycles. The fraction of sp³-hybridized carbons (Fsp3) is 0.300. The van der Waals surface area contributed by atoms with E-state index in [2.05, 4.69) is 12.0 Å². The molecule has 1 heterocycles. The molecule has 1 aromatic heterocycles. The first-order valence-electron chi connectivity index (χ1n) is 4.41. The van der Waals surface area contributed by atoms with Crippen molar-refractivity contribution in [3.63, 3.8) is 0 Å². The Morgan fingerprint density at radius 2 is 2.13 bits per heavy atom. The molecule has 0 spiro atoms.